The van der Waals surface area contributed by atoms with Gasteiger partial charge in [0.2, 0.25) is 0 Å². The van der Waals surface area contributed by atoms with Crippen molar-refractivity contribution in [3.63, 3.8) is 0 Å². The summed E-state index contributed by atoms with van der Waals surface area (Å²) < 4.78 is 45.2. The van der Waals surface area contributed by atoms with Crippen LogP contribution in [-0.4, -0.2) is 19.3 Å². The molecule has 1 aromatic carbocycles. The van der Waals surface area contributed by atoms with Gasteiger partial charge in [-0.1, -0.05) is 24.4 Å². The molecule has 2 unspecified atom stereocenters. The highest BCUT2D eigenvalue weighted by atomic mass is 79.9. The number of nitrogens with one attached hydrogen (secondary N) is 1. The van der Waals surface area contributed by atoms with Gasteiger partial charge in [-0.05, 0) is 40.9 Å². The van der Waals surface area contributed by atoms with Crippen LogP contribution in [0.4, 0.5) is 18.9 Å². The molecule has 1 aliphatic carbocycles. The molecule has 0 radical (unpaired) electrons. The number of anilines is 1. The van der Waals surface area contributed by atoms with E-state index in [9.17, 15) is 13.2 Å². The van der Waals surface area contributed by atoms with Crippen molar-refractivity contribution in [1.82, 2.24) is 0 Å². The third-order valence-corrected chi connectivity index (χ3v) is 4.55. The standard InChI is InChI=1S/C14H16BrClF3NO/c1-21-13-10(15)6-8(16)7-12(13)20-11-5-3-2-4-9(11)14(17,18)19/h6-7,9,11,20H,2-5H2,1H3. The van der Waals surface area contributed by atoms with E-state index in [1.807, 2.05) is 0 Å². The molecule has 0 heterocycles. The van der Waals surface area contributed by atoms with Crippen molar-refractivity contribution in [3.05, 3.63) is 21.6 Å². The quantitative estimate of drug-likeness (QED) is 0.725. The van der Waals surface area contributed by atoms with E-state index < -0.39 is 18.1 Å². The molecule has 0 aromatic heterocycles. The molecule has 2 nitrogen and oxygen atoms in total. The van der Waals surface area contributed by atoms with E-state index in [0.29, 0.717) is 33.8 Å². The van der Waals surface area contributed by atoms with Gasteiger partial charge in [-0.3, -0.25) is 0 Å². The Labute approximate surface area is 135 Å². The van der Waals surface area contributed by atoms with Crippen LogP contribution < -0.4 is 10.1 Å². The number of hydrogen-bond donors (Lipinski definition) is 1. The van der Waals surface area contributed by atoms with Crippen molar-refractivity contribution >= 4 is 33.2 Å². The predicted molar refractivity (Wildman–Crippen MR) is 81.1 cm³/mol. The topological polar surface area (TPSA) is 21.3 Å². The lowest BCUT2D eigenvalue weighted by Crippen LogP contribution is -2.41. The lowest BCUT2D eigenvalue weighted by Gasteiger charge is -2.34. The fourth-order valence-electron chi connectivity index (χ4n) is 2.77. The minimum absolute atomic E-state index is 0.158. The van der Waals surface area contributed by atoms with E-state index in [1.54, 1.807) is 12.1 Å². The van der Waals surface area contributed by atoms with Crippen LogP contribution in [0.25, 0.3) is 0 Å². The Morgan fingerprint density at radius 3 is 2.57 bits per heavy atom. The average molecular weight is 387 g/mol. The Hall–Kier alpha value is -0.620. The minimum atomic E-state index is -4.19. The normalized spacial score (nSPS) is 23.0. The molecule has 0 spiro atoms. The van der Waals surface area contributed by atoms with E-state index in [4.69, 9.17) is 16.3 Å². The van der Waals surface area contributed by atoms with Crippen LogP contribution in [0.3, 0.4) is 0 Å². The zero-order valence-electron chi connectivity index (χ0n) is 11.4. The van der Waals surface area contributed by atoms with Crippen molar-refractivity contribution in [3.8, 4) is 5.75 Å². The maximum Gasteiger partial charge on any atom is 0.393 e. The molecular formula is C14H16BrClF3NO. The largest absolute Gasteiger partial charge is 0.493 e. The number of alkyl halides is 3. The van der Waals surface area contributed by atoms with Crippen molar-refractivity contribution in [1.29, 1.82) is 0 Å². The summed E-state index contributed by atoms with van der Waals surface area (Å²) in [5.41, 5.74) is 0.484. The van der Waals surface area contributed by atoms with Crippen LogP contribution in [-0.2, 0) is 0 Å². The van der Waals surface area contributed by atoms with Gasteiger partial charge in [0.05, 0.1) is 23.2 Å². The average Bonchev–Trinajstić information content (AvgIpc) is 2.37. The Kier molecular flexibility index (Phi) is 5.30. The first kappa shape index (κ1) is 16.7. The lowest BCUT2D eigenvalue weighted by molar-refractivity contribution is -0.184. The molecule has 7 heteroatoms. The van der Waals surface area contributed by atoms with Crippen LogP contribution >= 0.6 is 27.5 Å². The molecule has 1 N–H and O–H groups in total. The molecule has 0 aliphatic heterocycles. The zero-order valence-corrected chi connectivity index (χ0v) is 13.8. The maximum absolute atomic E-state index is 13.1. The molecule has 2 atom stereocenters. The number of methoxy groups -OCH3 is 1. The van der Waals surface area contributed by atoms with Gasteiger partial charge in [-0.15, -0.1) is 0 Å². The monoisotopic (exact) mass is 385 g/mol. The number of rotatable bonds is 3. The number of ether oxygens (including phenoxy) is 1. The lowest BCUT2D eigenvalue weighted by atomic mass is 9.84. The van der Waals surface area contributed by atoms with Crippen molar-refractivity contribution < 1.29 is 17.9 Å². The maximum atomic E-state index is 13.1. The van der Waals surface area contributed by atoms with Crippen LogP contribution in [0.2, 0.25) is 5.02 Å². The summed E-state index contributed by atoms with van der Waals surface area (Å²) in [6, 6.07) is 2.58. The molecule has 1 fully saturated rings. The van der Waals surface area contributed by atoms with Gasteiger partial charge in [0.25, 0.3) is 0 Å². The fourth-order valence-corrected chi connectivity index (χ4v) is 3.74. The molecule has 1 aromatic rings. The number of hydrogen-bond acceptors (Lipinski definition) is 2. The second-order valence-electron chi connectivity index (χ2n) is 5.15. The van der Waals surface area contributed by atoms with Gasteiger partial charge in [0.15, 0.2) is 5.75 Å². The molecule has 1 saturated carbocycles. The summed E-state index contributed by atoms with van der Waals surface area (Å²) in [5.74, 6) is -0.875. The van der Waals surface area contributed by atoms with E-state index in [2.05, 4.69) is 21.2 Å². The molecule has 1 aliphatic rings. The Bertz CT molecular complexity index is 510. The first-order valence-electron chi connectivity index (χ1n) is 6.69. The van der Waals surface area contributed by atoms with E-state index in [-0.39, 0.29) is 6.42 Å². The van der Waals surface area contributed by atoms with Crippen LogP contribution in [0.15, 0.2) is 16.6 Å². The Morgan fingerprint density at radius 2 is 1.95 bits per heavy atom. The molecular weight excluding hydrogens is 371 g/mol. The molecule has 0 saturated heterocycles. The molecule has 118 valence electrons. The third-order valence-electron chi connectivity index (χ3n) is 3.74. The molecule has 0 amide bonds. The summed E-state index contributed by atoms with van der Waals surface area (Å²) in [6.07, 6.45) is -2.16. The predicted octanol–water partition coefficient (Wildman–Crippen LogP) is 5.64. The first-order valence-corrected chi connectivity index (χ1v) is 7.86. The SMILES string of the molecule is COc1c(Br)cc(Cl)cc1NC1CCCCC1C(F)(F)F. The smallest absolute Gasteiger partial charge is 0.393 e. The number of benzene rings is 1. The van der Waals surface area contributed by atoms with Crippen molar-refractivity contribution in [2.75, 3.05) is 12.4 Å². The van der Waals surface area contributed by atoms with Crippen LogP contribution in [0, 0.1) is 5.92 Å². The fraction of sp³-hybridized carbons (Fsp3) is 0.571. The Balaban J connectivity index is 2.27. The molecule has 21 heavy (non-hydrogen) atoms. The highest BCUT2D eigenvalue weighted by Gasteiger charge is 2.45. The highest BCUT2D eigenvalue weighted by Crippen LogP contribution is 2.42. The third kappa shape index (κ3) is 3.97. The number of halogens is 5. The van der Waals surface area contributed by atoms with Gasteiger partial charge in [-0.25, -0.2) is 0 Å². The van der Waals surface area contributed by atoms with Crippen molar-refractivity contribution in [2.45, 2.75) is 37.9 Å². The second kappa shape index (κ2) is 6.65. The molecule has 2 rings (SSSR count). The summed E-state index contributed by atoms with van der Waals surface area (Å²) in [6.45, 7) is 0. The second-order valence-corrected chi connectivity index (χ2v) is 6.44. The van der Waals surface area contributed by atoms with Crippen molar-refractivity contribution in [2.24, 2.45) is 5.92 Å². The zero-order chi connectivity index (χ0) is 15.6. The van der Waals surface area contributed by atoms with Gasteiger partial charge < -0.3 is 10.1 Å². The van der Waals surface area contributed by atoms with Gasteiger partial charge in [0.1, 0.15) is 0 Å². The van der Waals surface area contributed by atoms with E-state index >= 15 is 0 Å². The van der Waals surface area contributed by atoms with E-state index in [1.165, 1.54) is 7.11 Å². The van der Waals surface area contributed by atoms with Gasteiger partial charge in [0, 0.05) is 11.1 Å². The Morgan fingerprint density at radius 1 is 1.29 bits per heavy atom. The highest BCUT2D eigenvalue weighted by molar-refractivity contribution is 9.10. The summed E-state index contributed by atoms with van der Waals surface area (Å²) in [7, 11) is 1.47. The van der Waals surface area contributed by atoms with E-state index in [0.717, 1.165) is 6.42 Å². The minimum Gasteiger partial charge on any atom is -0.493 e. The summed E-state index contributed by atoms with van der Waals surface area (Å²) >= 11 is 9.28. The van der Waals surface area contributed by atoms with Crippen LogP contribution in [0.1, 0.15) is 25.7 Å². The summed E-state index contributed by atoms with van der Waals surface area (Å²) in [5, 5.41) is 3.41. The van der Waals surface area contributed by atoms with Gasteiger partial charge in [-0.2, -0.15) is 13.2 Å². The first-order chi connectivity index (χ1) is 9.82. The van der Waals surface area contributed by atoms with Gasteiger partial charge >= 0.3 is 6.18 Å². The molecule has 0 bridgehead atoms. The van der Waals surface area contributed by atoms with Crippen LogP contribution in [0.5, 0.6) is 5.75 Å². The summed E-state index contributed by atoms with van der Waals surface area (Å²) in [4.78, 5) is 0.